The van der Waals surface area contributed by atoms with Crippen LogP contribution in [0.25, 0.3) is 0 Å². The molecule has 1 aromatic rings. The van der Waals surface area contributed by atoms with Gasteiger partial charge in [0.25, 0.3) is 0 Å². The lowest BCUT2D eigenvalue weighted by Crippen LogP contribution is -2.33. The molecule has 0 saturated heterocycles. The van der Waals surface area contributed by atoms with Crippen molar-refractivity contribution in [2.75, 3.05) is 78.3 Å². The highest BCUT2D eigenvalue weighted by molar-refractivity contribution is 5.77. The first-order valence-electron chi connectivity index (χ1n) is 14.6. The van der Waals surface area contributed by atoms with Gasteiger partial charge in [0.05, 0.1) is 33.0 Å². The smallest absolute Gasteiger partial charge is 0.246 e. The molecule has 0 aliphatic carbocycles. The third kappa shape index (κ3) is 28.8. The van der Waals surface area contributed by atoms with Gasteiger partial charge in [0.2, 0.25) is 12.3 Å². The zero-order valence-electron chi connectivity index (χ0n) is 26.1. The number of benzene rings is 1. The van der Waals surface area contributed by atoms with Gasteiger partial charge in [-0.05, 0) is 31.5 Å². The number of amides is 2. The second-order valence-corrected chi connectivity index (χ2v) is 8.51. The van der Waals surface area contributed by atoms with Crippen molar-refractivity contribution in [2.45, 2.75) is 53.7 Å². The highest BCUT2D eigenvalue weighted by Gasteiger charge is 2.05. The number of anilines is 1. The highest BCUT2D eigenvalue weighted by atomic mass is 16.6. The number of likely N-dealkylation sites (N-methyl/N-ethyl adjacent to an activating group) is 1. The fraction of sp³-hybridized carbons (Fsp3) is 0.667. The third-order valence-corrected chi connectivity index (χ3v) is 5.01. The predicted molar refractivity (Wildman–Crippen MR) is 165 cm³/mol. The van der Waals surface area contributed by atoms with Crippen LogP contribution >= 0.6 is 0 Å². The maximum atomic E-state index is 11.6. The van der Waals surface area contributed by atoms with E-state index in [9.17, 15) is 9.59 Å². The molecular weight excluding hydrogens is 528 g/mol. The zero-order valence-corrected chi connectivity index (χ0v) is 26.1. The Morgan fingerprint density at radius 3 is 2.39 bits per heavy atom. The minimum absolute atomic E-state index is 0.0250. The van der Waals surface area contributed by atoms with Gasteiger partial charge in [-0.1, -0.05) is 59.3 Å². The Balaban J connectivity index is 0. The minimum atomic E-state index is -0.634. The Morgan fingerprint density at radius 1 is 1.02 bits per heavy atom. The van der Waals surface area contributed by atoms with Crippen molar-refractivity contribution in [1.82, 2.24) is 10.6 Å². The molecule has 0 aromatic heterocycles. The molecule has 0 aliphatic rings. The SMILES string of the molecule is CC.CCC(C)/C=C/CNC(=O)COCCOC(N)COc1cccc(NC=O)c1.CCCOCCOCCNC. The van der Waals surface area contributed by atoms with Crippen molar-refractivity contribution < 1.29 is 33.3 Å². The number of hydrogen-bond acceptors (Lipinski definition) is 9. The van der Waals surface area contributed by atoms with Crippen molar-refractivity contribution in [3.05, 3.63) is 36.4 Å². The Hall–Kier alpha value is -2.54. The Morgan fingerprint density at radius 2 is 1.73 bits per heavy atom. The number of carbonyl (C=O) groups is 2. The van der Waals surface area contributed by atoms with E-state index in [1.54, 1.807) is 24.3 Å². The zero-order chi connectivity index (χ0) is 31.0. The van der Waals surface area contributed by atoms with Crippen molar-refractivity contribution in [3.8, 4) is 5.75 Å². The summed E-state index contributed by atoms with van der Waals surface area (Å²) in [6, 6.07) is 6.93. The molecular formula is C30H56N4O7. The second kappa shape index (κ2) is 32.0. The van der Waals surface area contributed by atoms with E-state index >= 15 is 0 Å². The van der Waals surface area contributed by atoms with Crippen LogP contribution in [0.4, 0.5) is 5.69 Å². The van der Waals surface area contributed by atoms with Gasteiger partial charge in [-0.15, -0.1) is 0 Å². The number of rotatable bonds is 23. The first-order chi connectivity index (χ1) is 20.0. The van der Waals surface area contributed by atoms with Crippen molar-refractivity contribution in [2.24, 2.45) is 11.7 Å². The topological polar surface area (TPSA) is 142 Å². The summed E-state index contributed by atoms with van der Waals surface area (Å²) in [5.74, 6) is 0.905. The summed E-state index contributed by atoms with van der Waals surface area (Å²) in [5.41, 5.74) is 6.44. The van der Waals surface area contributed by atoms with Gasteiger partial charge >= 0.3 is 0 Å². The fourth-order valence-electron chi connectivity index (χ4n) is 2.69. The summed E-state index contributed by atoms with van der Waals surface area (Å²) in [6.45, 7) is 15.4. The van der Waals surface area contributed by atoms with E-state index in [0.29, 0.717) is 36.9 Å². The van der Waals surface area contributed by atoms with E-state index in [0.717, 1.165) is 39.2 Å². The average Bonchev–Trinajstić information content (AvgIpc) is 2.99. The van der Waals surface area contributed by atoms with E-state index in [-0.39, 0.29) is 32.3 Å². The number of nitrogens with one attached hydrogen (secondary N) is 3. The van der Waals surface area contributed by atoms with E-state index in [1.165, 1.54) is 0 Å². The molecule has 0 radical (unpaired) electrons. The van der Waals surface area contributed by atoms with E-state index in [2.05, 4.69) is 42.8 Å². The van der Waals surface area contributed by atoms with Crippen LogP contribution in [0.2, 0.25) is 0 Å². The molecule has 2 amide bonds. The normalized spacial score (nSPS) is 11.9. The third-order valence-electron chi connectivity index (χ3n) is 5.01. The summed E-state index contributed by atoms with van der Waals surface area (Å²) in [6.07, 6.45) is 6.14. The molecule has 0 spiro atoms. The molecule has 0 saturated carbocycles. The minimum Gasteiger partial charge on any atom is -0.489 e. The Bertz CT molecular complexity index is 745. The summed E-state index contributed by atoms with van der Waals surface area (Å²) < 4.78 is 26.6. The van der Waals surface area contributed by atoms with E-state index < -0.39 is 6.23 Å². The van der Waals surface area contributed by atoms with Crippen LogP contribution in [0.3, 0.4) is 0 Å². The maximum absolute atomic E-state index is 11.6. The molecule has 0 bridgehead atoms. The molecule has 1 rings (SSSR count). The van der Waals surface area contributed by atoms with Crippen LogP contribution in [-0.2, 0) is 28.5 Å². The molecule has 1 aromatic carbocycles. The predicted octanol–water partition coefficient (Wildman–Crippen LogP) is 3.35. The lowest BCUT2D eigenvalue weighted by Gasteiger charge is -2.14. The van der Waals surface area contributed by atoms with Crippen LogP contribution in [0.5, 0.6) is 5.75 Å². The molecule has 11 heteroatoms. The monoisotopic (exact) mass is 584 g/mol. The summed E-state index contributed by atoms with van der Waals surface area (Å²) in [7, 11) is 1.91. The number of hydrogen-bond donors (Lipinski definition) is 4. The van der Waals surface area contributed by atoms with Gasteiger partial charge in [0, 0.05) is 31.5 Å². The lowest BCUT2D eigenvalue weighted by atomic mass is 10.1. The van der Waals surface area contributed by atoms with Gasteiger partial charge in [-0.25, -0.2) is 0 Å². The van der Waals surface area contributed by atoms with Crippen LogP contribution in [0.15, 0.2) is 36.4 Å². The first-order valence-corrected chi connectivity index (χ1v) is 14.6. The van der Waals surface area contributed by atoms with E-state index in [1.807, 2.05) is 27.0 Å². The molecule has 2 unspecified atom stereocenters. The molecule has 2 atom stereocenters. The molecule has 0 aliphatic heterocycles. The molecule has 41 heavy (non-hydrogen) atoms. The standard InChI is InChI=1S/C20H31N3O5.C8H19NO2.C2H6/c1-3-16(2)6-5-9-22-20(25)14-26-10-11-27-19(21)13-28-18-8-4-7-17(12-18)23-15-24;1-3-5-10-7-8-11-6-4-9-2;1-2/h4-8,12,15-16,19H,3,9-11,13-14,21H2,1-2H3,(H,22,25)(H,23,24);9H,3-8H2,1-2H3;1-2H3/b6-5+;;. The molecule has 0 fully saturated rings. The molecule has 238 valence electrons. The largest absolute Gasteiger partial charge is 0.489 e. The average molecular weight is 585 g/mol. The van der Waals surface area contributed by atoms with E-state index in [4.69, 9.17) is 29.4 Å². The van der Waals surface area contributed by atoms with Gasteiger partial charge in [-0.3, -0.25) is 9.59 Å². The van der Waals surface area contributed by atoms with Crippen molar-refractivity contribution in [1.29, 1.82) is 0 Å². The van der Waals surface area contributed by atoms with Gasteiger partial charge in [0.1, 0.15) is 25.2 Å². The maximum Gasteiger partial charge on any atom is 0.246 e. The van der Waals surface area contributed by atoms with Gasteiger partial charge < -0.3 is 45.4 Å². The molecule has 5 N–H and O–H groups in total. The Labute approximate surface area is 247 Å². The summed E-state index contributed by atoms with van der Waals surface area (Å²) in [4.78, 5) is 22.0. The summed E-state index contributed by atoms with van der Waals surface area (Å²) >= 11 is 0. The van der Waals surface area contributed by atoms with Crippen LogP contribution < -0.4 is 26.4 Å². The van der Waals surface area contributed by atoms with Crippen LogP contribution in [-0.4, -0.2) is 91.5 Å². The summed E-state index contributed by atoms with van der Waals surface area (Å²) in [5, 5.41) is 8.30. The van der Waals surface area contributed by atoms with Crippen LogP contribution in [0.1, 0.15) is 47.5 Å². The highest BCUT2D eigenvalue weighted by Crippen LogP contribution is 2.16. The number of carbonyl (C=O) groups excluding carboxylic acids is 2. The van der Waals surface area contributed by atoms with Crippen molar-refractivity contribution >= 4 is 18.0 Å². The molecule has 0 heterocycles. The lowest BCUT2D eigenvalue weighted by molar-refractivity contribution is -0.126. The van der Waals surface area contributed by atoms with Crippen LogP contribution in [0, 0.1) is 5.92 Å². The number of allylic oxidation sites excluding steroid dienone is 1. The second-order valence-electron chi connectivity index (χ2n) is 8.51. The van der Waals surface area contributed by atoms with Crippen molar-refractivity contribution in [3.63, 3.8) is 0 Å². The fourth-order valence-corrected chi connectivity index (χ4v) is 2.69. The molecule has 11 nitrogen and oxygen atoms in total. The number of nitrogens with two attached hydrogens (primary N) is 1. The van der Waals surface area contributed by atoms with Gasteiger partial charge in [-0.2, -0.15) is 0 Å². The quantitative estimate of drug-likeness (QED) is 0.0659. The first kappa shape index (κ1) is 40.6. The number of ether oxygens (including phenoxy) is 5. The van der Waals surface area contributed by atoms with Gasteiger partial charge in [0.15, 0.2) is 0 Å². The Kier molecular flexibility index (Phi) is 31.7.